The van der Waals surface area contributed by atoms with E-state index < -0.39 is 0 Å². The smallest absolute Gasteiger partial charge is 0.279 e. The zero-order valence-corrected chi connectivity index (χ0v) is 6.29. The maximum atomic E-state index is 10.8. The molecule has 6 nitrogen and oxygen atoms in total. The summed E-state index contributed by atoms with van der Waals surface area (Å²) in [4.78, 5) is 0. The van der Waals surface area contributed by atoms with Gasteiger partial charge in [-0.3, -0.25) is 4.73 Å². The Morgan fingerprint density at radius 3 is 2.45 bits per heavy atom. The van der Waals surface area contributed by atoms with Crippen LogP contribution in [0, 0.1) is 10.4 Å². The molecule has 1 aromatic rings. The first-order chi connectivity index (χ1) is 5.20. The summed E-state index contributed by atoms with van der Waals surface area (Å²) in [5.41, 5.74) is 0. The Balaban J connectivity index is 3.17. The fourth-order valence-corrected chi connectivity index (χ4v) is 0.877. The molecule has 6 heteroatoms. The van der Waals surface area contributed by atoms with E-state index in [0.29, 0.717) is 9.46 Å². The largest absolute Gasteiger partial charge is 0.741 e. The van der Waals surface area contributed by atoms with Crippen molar-refractivity contribution in [3.05, 3.63) is 16.7 Å². The molecule has 1 heterocycles. The molecule has 0 amide bonds. The molecule has 0 aliphatic rings. The second-order valence-electron chi connectivity index (χ2n) is 1.96. The molecule has 0 aromatic carbocycles. The van der Waals surface area contributed by atoms with Gasteiger partial charge in [0.05, 0.1) is 7.05 Å². The van der Waals surface area contributed by atoms with Gasteiger partial charge in [0.1, 0.15) is 0 Å². The number of anilines is 2. The van der Waals surface area contributed by atoms with E-state index in [1.165, 1.54) is 0 Å². The Morgan fingerprint density at radius 1 is 1.45 bits per heavy atom. The van der Waals surface area contributed by atoms with E-state index in [2.05, 4.69) is 10.6 Å². The highest BCUT2D eigenvalue weighted by Gasteiger charge is 2.11. The number of nitrogens with zero attached hydrogens (tertiary/aromatic N) is 2. The zero-order valence-electron chi connectivity index (χ0n) is 6.29. The van der Waals surface area contributed by atoms with Crippen molar-refractivity contribution in [2.75, 3.05) is 24.7 Å². The van der Waals surface area contributed by atoms with E-state index in [9.17, 15) is 10.4 Å². The van der Waals surface area contributed by atoms with Crippen LogP contribution in [-0.2, 0) is 0 Å². The van der Waals surface area contributed by atoms with Crippen LogP contribution in [0.2, 0.25) is 0 Å². The molecule has 0 spiro atoms. The molecular weight excluding hydrogens is 148 g/mol. The van der Waals surface area contributed by atoms with E-state index in [0.717, 1.165) is 6.33 Å². The molecule has 0 aliphatic carbocycles. The van der Waals surface area contributed by atoms with Crippen LogP contribution in [0.4, 0.5) is 11.6 Å². The van der Waals surface area contributed by atoms with Gasteiger partial charge < -0.3 is 21.0 Å². The quantitative estimate of drug-likeness (QED) is 0.450. The Hall–Kier alpha value is -1.59. The van der Waals surface area contributed by atoms with Crippen molar-refractivity contribution in [3.63, 3.8) is 0 Å². The summed E-state index contributed by atoms with van der Waals surface area (Å²) in [6.07, 6.45) is 0.900. The van der Waals surface area contributed by atoms with Crippen LogP contribution >= 0.6 is 0 Å². The van der Waals surface area contributed by atoms with Crippen molar-refractivity contribution in [1.82, 2.24) is 4.73 Å². The van der Waals surface area contributed by atoms with Gasteiger partial charge in [0, 0.05) is 7.05 Å². The molecule has 0 radical (unpaired) electrons. The van der Waals surface area contributed by atoms with Crippen LogP contribution in [0.3, 0.4) is 0 Å². The highest BCUT2D eigenvalue weighted by atomic mass is 16.5. The first kappa shape index (κ1) is 7.52. The van der Waals surface area contributed by atoms with Crippen molar-refractivity contribution in [1.29, 1.82) is 0 Å². The molecule has 1 aromatic heterocycles. The Labute approximate surface area is 63.6 Å². The predicted molar refractivity (Wildman–Crippen MR) is 41.3 cm³/mol. The lowest BCUT2D eigenvalue weighted by Crippen LogP contribution is -2.26. The maximum Gasteiger partial charge on any atom is 0.279 e. The van der Waals surface area contributed by atoms with E-state index in [1.54, 1.807) is 14.1 Å². The topological polar surface area (TPSA) is 79.0 Å². The third-order valence-electron chi connectivity index (χ3n) is 1.35. The Bertz CT molecular complexity index is 233. The number of hydrogen-bond donors (Lipinski definition) is 2. The highest BCUT2D eigenvalue weighted by molar-refractivity contribution is 5.56. The lowest BCUT2D eigenvalue weighted by Gasteiger charge is -2.04. The normalized spacial score (nSPS) is 9.64. The Morgan fingerprint density at radius 2 is 2.09 bits per heavy atom. The highest BCUT2D eigenvalue weighted by Crippen LogP contribution is 2.14. The van der Waals surface area contributed by atoms with Crippen LogP contribution in [0.1, 0.15) is 0 Å². The Kier molecular flexibility index (Phi) is 1.75. The molecule has 0 bridgehead atoms. The average molecular weight is 157 g/mol. The van der Waals surface area contributed by atoms with Gasteiger partial charge in [0.15, 0.2) is 6.33 Å². The molecule has 0 unspecified atom stereocenters. The number of hydrogen-bond acceptors (Lipinski definition) is 4. The summed E-state index contributed by atoms with van der Waals surface area (Å²) in [5, 5.41) is 26.9. The van der Waals surface area contributed by atoms with Crippen LogP contribution < -0.4 is 15.4 Å². The molecule has 0 aliphatic heterocycles. The van der Waals surface area contributed by atoms with Crippen LogP contribution in [0.25, 0.3) is 0 Å². The summed E-state index contributed by atoms with van der Waals surface area (Å²) in [6, 6.07) is 0. The van der Waals surface area contributed by atoms with Gasteiger partial charge in [-0.05, 0) is 0 Å². The summed E-state index contributed by atoms with van der Waals surface area (Å²) >= 11 is 0. The summed E-state index contributed by atoms with van der Waals surface area (Å²) in [5.74, 6) is 0.449. The van der Waals surface area contributed by atoms with Gasteiger partial charge in [-0.25, -0.2) is 4.73 Å². The first-order valence-electron chi connectivity index (χ1n) is 3.08. The van der Waals surface area contributed by atoms with E-state index in [4.69, 9.17) is 0 Å². The second kappa shape index (κ2) is 2.57. The zero-order chi connectivity index (χ0) is 8.43. The summed E-state index contributed by atoms with van der Waals surface area (Å²) in [6.45, 7) is 0. The predicted octanol–water partition coefficient (Wildman–Crippen LogP) is -0.449. The maximum absolute atomic E-state index is 10.8. The standard InChI is InChI=1S/C5H9N4O2/c1-6-4-5(7-2)9(11)3-8(4)10/h3,6-7H,1-2H3/q-1. The van der Waals surface area contributed by atoms with Gasteiger partial charge in [0.2, 0.25) is 5.82 Å². The van der Waals surface area contributed by atoms with Crippen molar-refractivity contribution in [3.8, 4) is 0 Å². The number of rotatable bonds is 2. The molecule has 0 atom stereocenters. The number of aromatic nitrogens is 2. The van der Waals surface area contributed by atoms with E-state index in [1.807, 2.05) is 0 Å². The van der Waals surface area contributed by atoms with Crippen LogP contribution in [0.15, 0.2) is 6.33 Å². The minimum absolute atomic E-state index is 0.225. The number of imidazole rings is 1. The molecule has 0 saturated heterocycles. The first-order valence-corrected chi connectivity index (χ1v) is 3.08. The minimum Gasteiger partial charge on any atom is -0.741 e. The van der Waals surface area contributed by atoms with Crippen LogP contribution in [0.5, 0.6) is 0 Å². The van der Waals surface area contributed by atoms with Gasteiger partial charge in [-0.2, -0.15) is 0 Å². The SMILES string of the molecule is CNc1c(NC)[n+]([O-])cn1[O-]. The van der Waals surface area contributed by atoms with Gasteiger partial charge in [-0.15, -0.1) is 0 Å². The third kappa shape index (κ3) is 1.02. The van der Waals surface area contributed by atoms with Crippen molar-refractivity contribution < 1.29 is 4.73 Å². The molecule has 11 heavy (non-hydrogen) atoms. The van der Waals surface area contributed by atoms with Crippen molar-refractivity contribution in [2.45, 2.75) is 0 Å². The van der Waals surface area contributed by atoms with Gasteiger partial charge in [-0.1, -0.05) is 0 Å². The third-order valence-corrected chi connectivity index (χ3v) is 1.35. The molecule has 0 saturated carbocycles. The lowest BCUT2D eigenvalue weighted by atomic mass is 10.6. The molecule has 0 fully saturated rings. The fraction of sp³-hybridized carbons (Fsp3) is 0.400. The second-order valence-corrected chi connectivity index (χ2v) is 1.96. The van der Waals surface area contributed by atoms with E-state index in [-0.39, 0.29) is 11.6 Å². The fourth-order valence-electron chi connectivity index (χ4n) is 0.877. The minimum atomic E-state index is 0.225. The lowest BCUT2D eigenvalue weighted by molar-refractivity contribution is -0.589. The number of nitrogens with one attached hydrogen (secondary N) is 2. The monoisotopic (exact) mass is 157 g/mol. The molecule has 1 rings (SSSR count). The molecular formula is C5H9N4O2-. The average Bonchev–Trinajstić information content (AvgIpc) is 2.24. The van der Waals surface area contributed by atoms with Crippen molar-refractivity contribution in [2.24, 2.45) is 0 Å². The van der Waals surface area contributed by atoms with E-state index >= 15 is 0 Å². The van der Waals surface area contributed by atoms with Crippen molar-refractivity contribution >= 4 is 11.6 Å². The summed E-state index contributed by atoms with van der Waals surface area (Å²) in [7, 11) is 3.15. The van der Waals surface area contributed by atoms with Gasteiger partial charge >= 0.3 is 0 Å². The van der Waals surface area contributed by atoms with Gasteiger partial charge in [0.25, 0.3) is 5.82 Å². The van der Waals surface area contributed by atoms with Crippen LogP contribution in [-0.4, -0.2) is 18.8 Å². The molecule has 2 N–H and O–H groups in total. The molecule has 62 valence electrons. The summed E-state index contributed by atoms with van der Waals surface area (Å²) < 4.78 is 0.942.